The van der Waals surface area contributed by atoms with Gasteiger partial charge in [0.2, 0.25) is 0 Å². The van der Waals surface area contributed by atoms with Crippen molar-refractivity contribution in [3.05, 3.63) is 57.7 Å². The molecule has 0 aliphatic rings. The minimum Gasteiger partial charge on any atom is -0.474 e. The zero-order chi connectivity index (χ0) is 16.1. The van der Waals surface area contributed by atoms with E-state index in [0.717, 1.165) is 0 Å². The first-order chi connectivity index (χ1) is 10.5. The van der Waals surface area contributed by atoms with Crippen LogP contribution in [-0.2, 0) is 4.79 Å². The lowest BCUT2D eigenvalue weighted by molar-refractivity contribution is -0.386. The molecule has 1 heterocycles. The minimum absolute atomic E-state index is 0.0271. The number of pyridine rings is 1. The van der Waals surface area contributed by atoms with Crippen molar-refractivity contribution >= 4 is 29.0 Å². The molecule has 0 spiro atoms. The predicted molar refractivity (Wildman–Crippen MR) is 81.1 cm³/mol. The number of ether oxygens (including phenoxy) is 1. The molecule has 2 aromatic rings. The number of para-hydroxylation sites is 2. The lowest BCUT2D eigenvalue weighted by atomic mass is 10.3. The normalized spacial score (nSPS) is 11.5. The van der Waals surface area contributed by atoms with Crippen LogP contribution in [0.4, 0.5) is 11.5 Å². The third-order valence-electron chi connectivity index (χ3n) is 2.71. The maximum atomic E-state index is 12.0. The standard InChI is InChI=1S/C14H12ClN3O4/c1-9(14(19)17-13-7-6-10(15)8-16-13)22-12-5-3-2-4-11(12)18(20)21/h2-9H,1H3,(H,16,17,19)/t9-/m1/s1. The molecule has 1 atom stereocenters. The SMILES string of the molecule is C[C@@H](Oc1ccccc1[N+](=O)[O-])C(=O)Nc1ccc(Cl)cn1. The summed E-state index contributed by atoms with van der Waals surface area (Å²) >= 11 is 5.70. The highest BCUT2D eigenvalue weighted by molar-refractivity contribution is 6.30. The molecule has 0 fully saturated rings. The summed E-state index contributed by atoms with van der Waals surface area (Å²) in [7, 11) is 0. The van der Waals surface area contributed by atoms with Gasteiger partial charge in [-0.05, 0) is 25.1 Å². The molecule has 1 N–H and O–H groups in total. The quantitative estimate of drug-likeness (QED) is 0.674. The number of carbonyl (C=O) groups is 1. The lowest BCUT2D eigenvalue weighted by Crippen LogP contribution is -2.30. The van der Waals surface area contributed by atoms with Crippen LogP contribution < -0.4 is 10.1 Å². The van der Waals surface area contributed by atoms with Crippen molar-refractivity contribution < 1.29 is 14.5 Å². The summed E-state index contributed by atoms with van der Waals surface area (Å²) < 4.78 is 5.36. The Balaban J connectivity index is 2.05. The van der Waals surface area contributed by atoms with E-state index in [0.29, 0.717) is 10.8 Å². The van der Waals surface area contributed by atoms with Gasteiger partial charge < -0.3 is 10.1 Å². The predicted octanol–water partition coefficient (Wildman–Crippen LogP) is 3.05. The van der Waals surface area contributed by atoms with Gasteiger partial charge >= 0.3 is 5.69 Å². The van der Waals surface area contributed by atoms with Gasteiger partial charge in [-0.25, -0.2) is 4.98 Å². The molecule has 8 heteroatoms. The first kappa shape index (κ1) is 15.7. The Morgan fingerprint density at radius 2 is 2.09 bits per heavy atom. The number of aromatic nitrogens is 1. The van der Waals surface area contributed by atoms with Crippen molar-refractivity contribution in [2.24, 2.45) is 0 Å². The molecule has 1 aromatic carbocycles. The number of benzene rings is 1. The monoisotopic (exact) mass is 321 g/mol. The van der Waals surface area contributed by atoms with Crippen LogP contribution in [0, 0.1) is 10.1 Å². The van der Waals surface area contributed by atoms with Gasteiger partial charge in [0.25, 0.3) is 5.91 Å². The van der Waals surface area contributed by atoms with Gasteiger partial charge in [0.05, 0.1) is 9.95 Å². The zero-order valence-electron chi connectivity index (χ0n) is 11.5. The highest BCUT2D eigenvalue weighted by Gasteiger charge is 2.20. The van der Waals surface area contributed by atoms with Gasteiger partial charge in [-0.15, -0.1) is 0 Å². The summed E-state index contributed by atoms with van der Waals surface area (Å²) in [6, 6.07) is 8.97. The summed E-state index contributed by atoms with van der Waals surface area (Å²) in [6.45, 7) is 1.49. The number of nitrogens with one attached hydrogen (secondary N) is 1. The van der Waals surface area contributed by atoms with Crippen molar-refractivity contribution in [3.63, 3.8) is 0 Å². The third-order valence-corrected chi connectivity index (χ3v) is 2.94. The first-order valence-electron chi connectivity index (χ1n) is 6.30. The summed E-state index contributed by atoms with van der Waals surface area (Å²) in [5.41, 5.74) is -0.202. The van der Waals surface area contributed by atoms with Gasteiger partial charge in [0.15, 0.2) is 11.9 Å². The number of carbonyl (C=O) groups excluding carboxylic acids is 1. The Hall–Kier alpha value is -2.67. The smallest absolute Gasteiger partial charge is 0.310 e. The van der Waals surface area contributed by atoms with Crippen LogP contribution in [0.15, 0.2) is 42.6 Å². The second kappa shape index (κ2) is 6.86. The van der Waals surface area contributed by atoms with Crippen LogP contribution in [0.3, 0.4) is 0 Å². The van der Waals surface area contributed by atoms with Gasteiger partial charge in [0.1, 0.15) is 5.82 Å². The Morgan fingerprint density at radius 3 is 2.73 bits per heavy atom. The van der Waals surface area contributed by atoms with E-state index in [4.69, 9.17) is 16.3 Å². The maximum Gasteiger partial charge on any atom is 0.310 e. The van der Waals surface area contributed by atoms with Crippen molar-refractivity contribution in [1.29, 1.82) is 0 Å². The van der Waals surface area contributed by atoms with E-state index < -0.39 is 16.9 Å². The fourth-order valence-corrected chi connectivity index (χ4v) is 1.74. The van der Waals surface area contributed by atoms with Gasteiger partial charge in [-0.1, -0.05) is 23.7 Å². The summed E-state index contributed by atoms with van der Waals surface area (Å²) in [6.07, 6.45) is 0.462. The zero-order valence-corrected chi connectivity index (χ0v) is 12.3. The van der Waals surface area contributed by atoms with E-state index >= 15 is 0 Å². The molecular formula is C14H12ClN3O4. The number of nitro groups is 1. The molecule has 7 nitrogen and oxygen atoms in total. The number of rotatable bonds is 5. The summed E-state index contributed by atoms with van der Waals surface area (Å²) in [5.74, 6) is -0.139. The van der Waals surface area contributed by atoms with E-state index in [2.05, 4.69) is 10.3 Å². The lowest BCUT2D eigenvalue weighted by Gasteiger charge is -2.14. The van der Waals surface area contributed by atoms with E-state index in [-0.39, 0.29) is 11.4 Å². The molecule has 1 amide bonds. The van der Waals surface area contributed by atoms with Gasteiger partial charge in [0, 0.05) is 12.3 Å². The first-order valence-corrected chi connectivity index (χ1v) is 6.67. The molecule has 22 heavy (non-hydrogen) atoms. The number of anilines is 1. The molecule has 0 saturated heterocycles. The molecule has 0 bridgehead atoms. The highest BCUT2D eigenvalue weighted by atomic mass is 35.5. The summed E-state index contributed by atoms with van der Waals surface area (Å²) in [5, 5.41) is 13.9. The van der Waals surface area contributed by atoms with E-state index in [1.54, 1.807) is 12.1 Å². The van der Waals surface area contributed by atoms with Crippen molar-refractivity contribution in [1.82, 2.24) is 4.98 Å². The van der Waals surface area contributed by atoms with Crippen LogP contribution in [0.25, 0.3) is 0 Å². The average molecular weight is 322 g/mol. The van der Waals surface area contributed by atoms with E-state index in [1.807, 2.05) is 0 Å². The van der Waals surface area contributed by atoms with Gasteiger partial charge in [-0.2, -0.15) is 0 Å². The van der Waals surface area contributed by atoms with Crippen molar-refractivity contribution in [2.75, 3.05) is 5.32 Å². The second-order valence-corrected chi connectivity index (χ2v) is 4.77. The van der Waals surface area contributed by atoms with E-state index in [1.165, 1.54) is 37.4 Å². The molecule has 0 aliphatic heterocycles. The molecule has 2 rings (SSSR count). The fourth-order valence-electron chi connectivity index (χ4n) is 1.63. The number of hydrogen-bond donors (Lipinski definition) is 1. The van der Waals surface area contributed by atoms with Crippen LogP contribution in [-0.4, -0.2) is 21.9 Å². The molecule has 0 unspecified atom stereocenters. The fraction of sp³-hybridized carbons (Fsp3) is 0.143. The van der Waals surface area contributed by atoms with Gasteiger partial charge in [-0.3, -0.25) is 14.9 Å². The molecule has 0 aliphatic carbocycles. The Bertz CT molecular complexity index is 691. The number of amides is 1. The van der Waals surface area contributed by atoms with Crippen molar-refractivity contribution in [2.45, 2.75) is 13.0 Å². The summed E-state index contributed by atoms with van der Waals surface area (Å²) in [4.78, 5) is 26.3. The largest absolute Gasteiger partial charge is 0.474 e. The molecular weight excluding hydrogens is 310 g/mol. The van der Waals surface area contributed by atoms with Crippen LogP contribution in [0.2, 0.25) is 5.02 Å². The van der Waals surface area contributed by atoms with Crippen LogP contribution in [0.1, 0.15) is 6.92 Å². The number of hydrogen-bond acceptors (Lipinski definition) is 5. The number of halogens is 1. The highest BCUT2D eigenvalue weighted by Crippen LogP contribution is 2.26. The Morgan fingerprint density at radius 1 is 1.36 bits per heavy atom. The Kier molecular flexibility index (Phi) is 4.90. The molecule has 0 saturated carbocycles. The number of nitro benzene ring substituents is 1. The van der Waals surface area contributed by atoms with Crippen LogP contribution >= 0.6 is 11.6 Å². The molecule has 0 radical (unpaired) electrons. The maximum absolute atomic E-state index is 12.0. The van der Waals surface area contributed by atoms with Crippen molar-refractivity contribution in [3.8, 4) is 5.75 Å². The molecule has 114 valence electrons. The van der Waals surface area contributed by atoms with E-state index in [9.17, 15) is 14.9 Å². The van der Waals surface area contributed by atoms with Crippen LogP contribution in [0.5, 0.6) is 5.75 Å². The Labute approximate surface area is 131 Å². The third kappa shape index (κ3) is 3.92. The molecule has 1 aromatic heterocycles. The second-order valence-electron chi connectivity index (χ2n) is 4.34. The average Bonchev–Trinajstić information content (AvgIpc) is 2.49. The number of nitrogens with zero attached hydrogens (tertiary/aromatic N) is 2. The minimum atomic E-state index is -0.932. The topological polar surface area (TPSA) is 94.4 Å².